The molecule has 0 aromatic heterocycles. The van der Waals surface area contributed by atoms with Gasteiger partial charge in [0.05, 0.1) is 6.54 Å². The number of carbonyl (C=O) groups excluding carboxylic acids is 3. The Kier molecular flexibility index (Phi) is 10.5. The molecular weight excluding hydrogens is 298 g/mol. The topological polar surface area (TPSA) is 96.5 Å². The highest BCUT2D eigenvalue weighted by atomic mass is 16.5. The lowest BCUT2D eigenvalue weighted by atomic mass is 9.98. The van der Waals surface area contributed by atoms with Gasteiger partial charge < -0.3 is 20.7 Å². The molecule has 0 aromatic carbocycles. The van der Waals surface area contributed by atoms with E-state index in [1.807, 2.05) is 6.92 Å². The van der Waals surface area contributed by atoms with Crippen LogP contribution in [0.3, 0.4) is 0 Å². The maximum absolute atomic E-state index is 11.8. The van der Waals surface area contributed by atoms with Gasteiger partial charge in [0.1, 0.15) is 6.61 Å². The molecule has 3 amide bonds. The fourth-order valence-corrected chi connectivity index (χ4v) is 1.84. The number of hydrogen-bond acceptors (Lipinski definition) is 4. The smallest absolute Gasteiger partial charge is 0.333 e. The molecule has 0 fully saturated rings. The Hall–Kier alpha value is -2.05. The number of urea groups is 1. The van der Waals surface area contributed by atoms with Crippen LogP contribution in [0.25, 0.3) is 0 Å². The first kappa shape index (κ1) is 20.9. The van der Waals surface area contributed by atoms with Crippen LogP contribution in [-0.2, 0) is 14.3 Å². The summed E-state index contributed by atoms with van der Waals surface area (Å²) in [6, 6.07) is -0.374. The van der Waals surface area contributed by atoms with Crippen molar-refractivity contribution in [2.75, 3.05) is 26.2 Å². The molecule has 0 spiro atoms. The van der Waals surface area contributed by atoms with Crippen LogP contribution >= 0.6 is 0 Å². The third-order valence-electron chi connectivity index (χ3n) is 2.95. The standard InChI is InChI=1S/C16H29N3O4/c1-11(2)10-13(5)14(20)17-6-7-18-16(22)19-8-9-23-15(21)12(3)4/h11,13H,3,6-10H2,1-2,4-5H3,(H,17,20)(H2,18,19,22). The molecule has 132 valence electrons. The van der Waals surface area contributed by atoms with E-state index < -0.39 is 5.97 Å². The van der Waals surface area contributed by atoms with Gasteiger partial charge in [-0.1, -0.05) is 27.4 Å². The fourth-order valence-electron chi connectivity index (χ4n) is 1.84. The van der Waals surface area contributed by atoms with E-state index in [1.54, 1.807) is 6.92 Å². The van der Waals surface area contributed by atoms with Crippen molar-refractivity contribution in [3.63, 3.8) is 0 Å². The summed E-state index contributed by atoms with van der Waals surface area (Å²) < 4.78 is 4.83. The zero-order valence-electron chi connectivity index (χ0n) is 14.5. The van der Waals surface area contributed by atoms with Crippen LogP contribution in [0.15, 0.2) is 12.2 Å². The van der Waals surface area contributed by atoms with Crippen molar-refractivity contribution < 1.29 is 19.1 Å². The summed E-state index contributed by atoms with van der Waals surface area (Å²) in [7, 11) is 0. The number of amides is 3. The maximum Gasteiger partial charge on any atom is 0.333 e. The van der Waals surface area contributed by atoms with Gasteiger partial charge in [-0.25, -0.2) is 9.59 Å². The molecule has 3 N–H and O–H groups in total. The number of rotatable bonds is 10. The third-order valence-corrected chi connectivity index (χ3v) is 2.95. The predicted octanol–water partition coefficient (Wildman–Crippen LogP) is 1.20. The minimum atomic E-state index is -0.481. The molecule has 0 aliphatic carbocycles. The summed E-state index contributed by atoms with van der Waals surface area (Å²) in [4.78, 5) is 34.3. The lowest BCUT2D eigenvalue weighted by molar-refractivity contribution is -0.138. The second-order valence-electron chi connectivity index (χ2n) is 5.92. The SMILES string of the molecule is C=C(C)C(=O)OCCNC(=O)NCCNC(=O)C(C)CC(C)C. The van der Waals surface area contributed by atoms with Gasteiger partial charge in [-0.15, -0.1) is 0 Å². The lowest BCUT2D eigenvalue weighted by Crippen LogP contribution is -2.42. The van der Waals surface area contributed by atoms with Crippen molar-refractivity contribution >= 4 is 17.9 Å². The van der Waals surface area contributed by atoms with Gasteiger partial charge in [-0.05, 0) is 19.3 Å². The highest BCUT2D eigenvalue weighted by Gasteiger charge is 2.13. The van der Waals surface area contributed by atoms with Gasteiger partial charge in [0, 0.05) is 24.6 Å². The molecule has 7 heteroatoms. The molecule has 1 atom stereocenters. The fraction of sp³-hybridized carbons (Fsp3) is 0.688. The van der Waals surface area contributed by atoms with Crippen molar-refractivity contribution in [1.82, 2.24) is 16.0 Å². The molecule has 0 radical (unpaired) electrons. The molecule has 0 bridgehead atoms. The largest absolute Gasteiger partial charge is 0.460 e. The molecule has 0 heterocycles. The molecule has 0 saturated heterocycles. The average molecular weight is 327 g/mol. The van der Waals surface area contributed by atoms with Gasteiger partial charge in [-0.2, -0.15) is 0 Å². The molecule has 7 nitrogen and oxygen atoms in total. The van der Waals surface area contributed by atoms with E-state index in [2.05, 4.69) is 36.4 Å². The third kappa shape index (κ3) is 11.2. The molecular formula is C16H29N3O4. The van der Waals surface area contributed by atoms with Crippen LogP contribution in [-0.4, -0.2) is 44.1 Å². The second kappa shape index (κ2) is 11.5. The molecule has 0 aromatic rings. The van der Waals surface area contributed by atoms with E-state index in [9.17, 15) is 14.4 Å². The summed E-state index contributed by atoms with van der Waals surface area (Å²) in [5.74, 6) is -0.0523. The van der Waals surface area contributed by atoms with Gasteiger partial charge in [-0.3, -0.25) is 4.79 Å². The molecule has 0 aliphatic rings. The van der Waals surface area contributed by atoms with Crippen LogP contribution in [0.1, 0.15) is 34.1 Å². The molecule has 23 heavy (non-hydrogen) atoms. The summed E-state index contributed by atoms with van der Waals surface area (Å²) in [5.41, 5.74) is 0.317. The van der Waals surface area contributed by atoms with Crippen LogP contribution < -0.4 is 16.0 Å². The molecule has 0 aliphatic heterocycles. The van der Waals surface area contributed by atoms with Crippen LogP contribution in [0, 0.1) is 11.8 Å². The van der Waals surface area contributed by atoms with Gasteiger partial charge in [0.15, 0.2) is 0 Å². The maximum atomic E-state index is 11.8. The van der Waals surface area contributed by atoms with Gasteiger partial charge in [0.25, 0.3) is 0 Å². The Morgan fingerprint density at radius 3 is 2.13 bits per heavy atom. The van der Waals surface area contributed by atoms with Crippen molar-refractivity contribution in [2.24, 2.45) is 11.8 Å². The minimum Gasteiger partial charge on any atom is -0.460 e. The second-order valence-corrected chi connectivity index (χ2v) is 5.92. The van der Waals surface area contributed by atoms with E-state index in [-0.39, 0.29) is 31.0 Å². The predicted molar refractivity (Wildman–Crippen MR) is 88.8 cm³/mol. The number of nitrogens with one attached hydrogen (secondary N) is 3. The van der Waals surface area contributed by atoms with Gasteiger partial charge in [0.2, 0.25) is 5.91 Å². The summed E-state index contributed by atoms with van der Waals surface area (Å²) in [5, 5.41) is 7.93. The Morgan fingerprint density at radius 2 is 1.57 bits per heavy atom. The number of ether oxygens (including phenoxy) is 1. The highest BCUT2D eigenvalue weighted by Crippen LogP contribution is 2.10. The van der Waals surface area contributed by atoms with Crippen molar-refractivity contribution in [2.45, 2.75) is 34.1 Å². The Balaban J connectivity index is 3.65. The van der Waals surface area contributed by atoms with Crippen molar-refractivity contribution in [3.05, 3.63) is 12.2 Å². The first-order valence-electron chi connectivity index (χ1n) is 7.86. The van der Waals surface area contributed by atoms with E-state index in [0.29, 0.717) is 24.6 Å². The molecule has 0 saturated carbocycles. The minimum absolute atomic E-state index is 0.00684. The van der Waals surface area contributed by atoms with Crippen LogP contribution in [0.4, 0.5) is 4.79 Å². The first-order chi connectivity index (χ1) is 10.7. The van der Waals surface area contributed by atoms with E-state index in [0.717, 1.165) is 6.42 Å². The zero-order chi connectivity index (χ0) is 17.8. The Morgan fingerprint density at radius 1 is 1.00 bits per heavy atom. The van der Waals surface area contributed by atoms with Crippen LogP contribution in [0.5, 0.6) is 0 Å². The first-order valence-corrected chi connectivity index (χ1v) is 7.86. The van der Waals surface area contributed by atoms with E-state index >= 15 is 0 Å². The van der Waals surface area contributed by atoms with E-state index in [4.69, 9.17) is 4.74 Å². The number of carbonyl (C=O) groups is 3. The Bertz CT molecular complexity index is 422. The lowest BCUT2D eigenvalue weighted by Gasteiger charge is -2.14. The summed E-state index contributed by atoms with van der Waals surface area (Å²) >= 11 is 0. The van der Waals surface area contributed by atoms with E-state index in [1.165, 1.54) is 0 Å². The number of hydrogen-bond donors (Lipinski definition) is 3. The Labute approximate surface area is 138 Å². The summed E-state index contributed by atoms with van der Waals surface area (Å²) in [6.45, 7) is 12.0. The van der Waals surface area contributed by atoms with Crippen LogP contribution in [0.2, 0.25) is 0 Å². The molecule has 1 unspecified atom stereocenters. The van der Waals surface area contributed by atoms with Gasteiger partial charge >= 0.3 is 12.0 Å². The van der Waals surface area contributed by atoms with Crippen molar-refractivity contribution in [1.29, 1.82) is 0 Å². The van der Waals surface area contributed by atoms with Crippen molar-refractivity contribution in [3.8, 4) is 0 Å². The monoisotopic (exact) mass is 327 g/mol. The highest BCUT2D eigenvalue weighted by molar-refractivity contribution is 5.86. The molecule has 0 rings (SSSR count). The number of esters is 1. The quantitative estimate of drug-likeness (QED) is 0.319. The normalized spacial score (nSPS) is 11.5. The zero-order valence-corrected chi connectivity index (χ0v) is 14.5. The summed E-state index contributed by atoms with van der Waals surface area (Å²) in [6.07, 6.45) is 0.836. The average Bonchev–Trinajstić information content (AvgIpc) is 2.46.